The Bertz CT molecular complexity index is 177. The fraction of sp³-hybridized carbons (Fsp3) is 0.818. The molecule has 0 fully saturated rings. The first-order valence-electron chi connectivity index (χ1n) is 5.07. The van der Waals surface area contributed by atoms with Gasteiger partial charge in [0.25, 0.3) is 0 Å². The monoisotopic (exact) mass is 202 g/mol. The van der Waals surface area contributed by atoms with Gasteiger partial charge in [-0.3, -0.25) is 0 Å². The van der Waals surface area contributed by atoms with Crippen molar-refractivity contribution >= 4 is 11.6 Å². The van der Waals surface area contributed by atoms with Crippen molar-refractivity contribution in [1.29, 1.82) is 0 Å². The highest BCUT2D eigenvalue weighted by atomic mass is 35.5. The molecule has 0 heterocycles. The molecule has 2 heteroatoms. The summed E-state index contributed by atoms with van der Waals surface area (Å²) in [4.78, 5) is 0. The molecule has 76 valence electrons. The van der Waals surface area contributed by atoms with Gasteiger partial charge in [0.1, 0.15) is 0 Å². The van der Waals surface area contributed by atoms with Gasteiger partial charge >= 0.3 is 0 Å². The molecule has 0 spiro atoms. The third-order valence-electron chi connectivity index (χ3n) is 2.64. The van der Waals surface area contributed by atoms with Crippen molar-refractivity contribution in [3.63, 3.8) is 0 Å². The summed E-state index contributed by atoms with van der Waals surface area (Å²) in [6.07, 6.45) is 7.10. The molecule has 0 radical (unpaired) electrons. The van der Waals surface area contributed by atoms with Crippen LogP contribution in [0.4, 0.5) is 0 Å². The van der Waals surface area contributed by atoms with Crippen LogP contribution < -0.4 is 0 Å². The standard InChI is InChI=1S/C11H19ClO/c1-9(8-13-2)10-5-3-4-6-11(12)7-10/h7,9,11H,3-6,8H2,1-2H3. The largest absolute Gasteiger partial charge is 0.384 e. The highest BCUT2D eigenvalue weighted by Gasteiger charge is 2.14. The maximum absolute atomic E-state index is 6.14. The van der Waals surface area contributed by atoms with E-state index in [9.17, 15) is 0 Å². The van der Waals surface area contributed by atoms with Crippen LogP contribution in [0, 0.1) is 5.92 Å². The quantitative estimate of drug-likeness (QED) is 0.504. The fourth-order valence-corrected chi connectivity index (χ4v) is 2.15. The Balaban J connectivity index is 2.53. The van der Waals surface area contributed by atoms with Gasteiger partial charge in [-0.15, -0.1) is 11.6 Å². The number of hydrogen-bond acceptors (Lipinski definition) is 1. The van der Waals surface area contributed by atoms with Crippen LogP contribution in [0.25, 0.3) is 0 Å². The molecular weight excluding hydrogens is 184 g/mol. The molecule has 0 aromatic carbocycles. The van der Waals surface area contributed by atoms with Gasteiger partial charge in [0.2, 0.25) is 0 Å². The normalized spacial score (nSPS) is 26.4. The van der Waals surface area contributed by atoms with Crippen molar-refractivity contribution < 1.29 is 4.74 Å². The topological polar surface area (TPSA) is 9.23 Å². The number of hydrogen-bond donors (Lipinski definition) is 0. The lowest BCUT2D eigenvalue weighted by atomic mass is 9.98. The van der Waals surface area contributed by atoms with Gasteiger partial charge in [-0.1, -0.05) is 25.0 Å². The highest BCUT2D eigenvalue weighted by molar-refractivity contribution is 6.21. The van der Waals surface area contributed by atoms with Crippen LogP contribution in [-0.4, -0.2) is 19.1 Å². The second-order valence-corrected chi connectivity index (χ2v) is 4.42. The van der Waals surface area contributed by atoms with Crippen LogP contribution in [0.1, 0.15) is 32.6 Å². The Labute approximate surface area is 86.1 Å². The minimum atomic E-state index is 0.247. The van der Waals surface area contributed by atoms with Gasteiger partial charge in [-0.05, 0) is 19.3 Å². The van der Waals surface area contributed by atoms with E-state index in [1.54, 1.807) is 7.11 Å². The third kappa shape index (κ3) is 3.70. The second kappa shape index (κ2) is 5.66. The Morgan fingerprint density at radius 3 is 3.08 bits per heavy atom. The minimum Gasteiger partial charge on any atom is -0.384 e. The summed E-state index contributed by atoms with van der Waals surface area (Å²) in [5.74, 6) is 0.532. The molecule has 13 heavy (non-hydrogen) atoms. The molecule has 2 atom stereocenters. The maximum Gasteiger partial charge on any atom is 0.0525 e. The number of methoxy groups -OCH3 is 1. The number of ether oxygens (including phenoxy) is 1. The number of rotatable bonds is 3. The van der Waals surface area contributed by atoms with E-state index in [0.717, 1.165) is 13.0 Å². The molecule has 0 bridgehead atoms. The van der Waals surface area contributed by atoms with Crippen molar-refractivity contribution in [2.75, 3.05) is 13.7 Å². The Kier molecular flexibility index (Phi) is 4.82. The number of alkyl halides is 1. The molecule has 0 aliphatic heterocycles. The van der Waals surface area contributed by atoms with E-state index >= 15 is 0 Å². The van der Waals surface area contributed by atoms with Crippen LogP contribution in [0.5, 0.6) is 0 Å². The number of halogens is 1. The Morgan fingerprint density at radius 2 is 2.38 bits per heavy atom. The van der Waals surface area contributed by atoms with Gasteiger partial charge in [0.15, 0.2) is 0 Å². The van der Waals surface area contributed by atoms with E-state index in [-0.39, 0.29) is 5.38 Å². The maximum atomic E-state index is 6.14. The first-order chi connectivity index (χ1) is 6.24. The summed E-state index contributed by atoms with van der Waals surface area (Å²) >= 11 is 6.14. The van der Waals surface area contributed by atoms with Gasteiger partial charge in [-0.25, -0.2) is 0 Å². The second-order valence-electron chi connectivity index (χ2n) is 3.86. The van der Waals surface area contributed by atoms with E-state index in [1.165, 1.54) is 24.8 Å². The highest BCUT2D eigenvalue weighted by Crippen LogP contribution is 2.26. The molecule has 0 saturated heterocycles. The van der Waals surface area contributed by atoms with Crippen molar-refractivity contribution in [2.24, 2.45) is 5.92 Å². The average molecular weight is 203 g/mol. The van der Waals surface area contributed by atoms with Crippen molar-refractivity contribution in [2.45, 2.75) is 38.0 Å². The van der Waals surface area contributed by atoms with Crippen molar-refractivity contribution in [3.8, 4) is 0 Å². The van der Waals surface area contributed by atoms with Crippen LogP contribution in [0.2, 0.25) is 0 Å². The van der Waals surface area contributed by atoms with Gasteiger partial charge in [0.05, 0.1) is 12.0 Å². The first-order valence-corrected chi connectivity index (χ1v) is 5.51. The molecule has 0 amide bonds. The average Bonchev–Trinajstić information content (AvgIpc) is 2.30. The Hall–Kier alpha value is -0.0100. The summed E-state index contributed by atoms with van der Waals surface area (Å²) in [6, 6.07) is 0. The molecule has 0 aromatic rings. The van der Waals surface area contributed by atoms with Gasteiger partial charge < -0.3 is 4.74 Å². The lowest BCUT2D eigenvalue weighted by Gasteiger charge is -2.14. The zero-order valence-corrected chi connectivity index (χ0v) is 9.31. The van der Waals surface area contributed by atoms with Crippen molar-refractivity contribution in [3.05, 3.63) is 11.6 Å². The van der Waals surface area contributed by atoms with Crippen molar-refractivity contribution in [1.82, 2.24) is 0 Å². The molecule has 0 aromatic heterocycles. The lowest BCUT2D eigenvalue weighted by Crippen LogP contribution is -2.07. The lowest BCUT2D eigenvalue weighted by molar-refractivity contribution is 0.171. The first kappa shape index (κ1) is 11.1. The molecule has 1 aliphatic carbocycles. The summed E-state index contributed by atoms with van der Waals surface area (Å²) in [5, 5.41) is 0.247. The molecule has 1 aliphatic rings. The fourth-order valence-electron chi connectivity index (χ4n) is 1.84. The van der Waals surface area contributed by atoms with E-state index in [2.05, 4.69) is 13.0 Å². The van der Waals surface area contributed by atoms with Crippen LogP contribution >= 0.6 is 11.6 Å². The number of allylic oxidation sites excluding steroid dienone is 1. The van der Waals surface area contributed by atoms with E-state index < -0.39 is 0 Å². The van der Waals surface area contributed by atoms with E-state index in [0.29, 0.717) is 5.92 Å². The SMILES string of the molecule is COCC(C)C1=CC(Cl)CCCC1. The van der Waals surface area contributed by atoms with Crippen LogP contribution in [0.15, 0.2) is 11.6 Å². The summed E-state index contributed by atoms with van der Waals surface area (Å²) < 4.78 is 5.15. The third-order valence-corrected chi connectivity index (χ3v) is 2.98. The minimum absolute atomic E-state index is 0.247. The zero-order chi connectivity index (χ0) is 9.68. The predicted octanol–water partition coefficient (Wildman–Crippen LogP) is 3.38. The smallest absolute Gasteiger partial charge is 0.0525 e. The van der Waals surface area contributed by atoms with Gasteiger partial charge in [0, 0.05) is 13.0 Å². The summed E-state index contributed by atoms with van der Waals surface area (Å²) in [7, 11) is 1.76. The predicted molar refractivity (Wildman–Crippen MR) is 57.2 cm³/mol. The van der Waals surface area contributed by atoms with E-state index in [1.807, 2.05) is 0 Å². The molecule has 0 N–H and O–H groups in total. The summed E-state index contributed by atoms with van der Waals surface area (Å²) in [6.45, 7) is 3.03. The summed E-state index contributed by atoms with van der Waals surface area (Å²) in [5.41, 5.74) is 1.49. The zero-order valence-electron chi connectivity index (χ0n) is 8.55. The molecular formula is C11H19ClO. The van der Waals surface area contributed by atoms with E-state index in [4.69, 9.17) is 16.3 Å². The van der Waals surface area contributed by atoms with Crippen LogP contribution in [0.3, 0.4) is 0 Å². The van der Waals surface area contributed by atoms with Crippen LogP contribution in [-0.2, 0) is 4.74 Å². The molecule has 2 unspecified atom stereocenters. The molecule has 0 saturated carbocycles. The van der Waals surface area contributed by atoms with Gasteiger partial charge in [-0.2, -0.15) is 0 Å². The Morgan fingerprint density at radius 1 is 1.62 bits per heavy atom. The molecule has 1 nitrogen and oxygen atoms in total. The molecule has 1 rings (SSSR count).